The zero-order chi connectivity index (χ0) is 22.2. The Kier molecular flexibility index (Phi) is 8.39. The second-order valence-electron chi connectivity index (χ2n) is 6.10. The lowest BCUT2D eigenvalue weighted by Crippen LogP contribution is -2.24. The molecule has 0 aliphatic rings. The molecule has 0 fully saturated rings. The average molecular weight is 611 g/mol. The maximum atomic E-state index is 12.1. The molecular formula is C22H15Br3N2O4. The third-order valence-electron chi connectivity index (χ3n) is 3.81. The van der Waals surface area contributed by atoms with Crippen LogP contribution in [-0.4, -0.2) is 24.7 Å². The SMILES string of the molecule is O=C(COc1c(Br)cc(Br)cc1Br)NN=Cc1ccc(OC(=O)c2ccccc2)cc1. The van der Waals surface area contributed by atoms with Crippen LogP contribution in [0.15, 0.2) is 85.2 Å². The normalized spacial score (nSPS) is 10.7. The summed E-state index contributed by atoms with van der Waals surface area (Å²) in [6, 6.07) is 19.1. The lowest BCUT2D eigenvalue weighted by Gasteiger charge is -2.09. The minimum Gasteiger partial charge on any atom is -0.481 e. The number of nitrogens with zero attached hydrogens (tertiary/aromatic N) is 1. The van der Waals surface area contributed by atoms with Gasteiger partial charge in [-0.15, -0.1) is 0 Å². The molecule has 0 heterocycles. The van der Waals surface area contributed by atoms with Gasteiger partial charge in [-0.05, 0) is 86.0 Å². The van der Waals surface area contributed by atoms with Crippen LogP contribution in [0.4, 0.5) is 0 Å². The molecule has 31 heavy (non-hydrogen) atoms. The van der Waals surface area contributed by atoms with Crippen molar-refractivity contribution < 1.29 is 19.1 Å². The monoisotopic (exact) mass is 608 g/mol. The number of rotatable bonds is 7. The van der Waals surface area contributed by atoms with Crippen LogP contribution in [0.1, 0.15) is 15.9 Å². The Hall–Kier alpha value is -2.49. The molecule has 0 aliphatic carbocycles. The zero-order valence-electron chi connectivity index (χ0n) is 15.8. The van der Waals surface area contributed by atoms with Gasteiger partial charge in [0.1, 0.15) is 11.5 Å². The molecule has 1 N–H and O–H groups in total. The summed E-state index contributed by atoms with van der Waals surface area (Å²) < 4.78 is 13.1. The van der Waals surface area contributed by atoms with Gasteiger partial charge >= 0.3 is 5.97 Å². The molecule has 3 aromatic carbocycles. The van der Waals surface area contributed by atoms with E-state index in [9.17, 15) is 9.59 Å². The highest BCUT2D eigenvalue weighted by molar-refractivity contribution is 9.11. The van der Waals surface area contributed by atoms with Crippen LogP contribution < -0.4 is 14.9 Å². The molecule has 0 aliphatic heterocycles. The molecule has 0 saturated carbocycles. The summed E-state index contributed by atoms with van der Waals surface area (Å²) in [6.45, 7) is -0.204. The Balaban J connectivity index is 1.48. The van der Waals surface area contributed by atoms with Crippen molar-refractivity contribution in [2.45, 2.75) is 0 Å². The molecule has 0 aromatic heterocycles. The molecule has 3 rings (SSSR count). The highest BCUT2D eigenvalue weighted by Crippen LogP contribution is 2.36. The second kappa shape index (κ2) is 11.2. The Morgan fingerprint density at radius 3 is 2.23 bits per heavy atom. The quantitative estimate of drug-likeness (QED) is 0.161. The van der Waals surface area contributed by atoms with E-state index in [0.717, 1.165) is 10.0 Å². The first-order valence-electron chi connectivity index (χ1n) is 8.89. The molecular weight excluding hydrogens is 596 g/mol. The molecule has 1 amide bonds. The number of hydrazone groups is 1. The van der Waals surface area contributed by atoms with Gasteiger partial charge in [-0.1, -0.05) is 34.1 Å². The summed E-state index contributed by atoms with van der Waals surface area (Å²) in [7, 11) is 0. The molecule has 9 heteroatoms. The van der Waals surface area contributed by atoms with E-state index < -0.39 is 11.9 Å². The van der Waals surface area contributed by atoms with Gasteiger partial charge in [0, 0.05) is 4.47 Å². The first-order valence-corrected chi connectivity index (χ1v) is 11.3. The highest BCUT2D eigenvalue weighted by atomic mass is 79.9. The van der Waals surface area contributed by atoms with Gasteiger partial charge in [0.2, 0.25) is 0 Å². The summed E-state index contributed by atoms with van der Waals surface area (Å²) in [5, 5.41) is 3.91. The molecule has 0 saturated heterocycles. The predicted molar refractivity (Wildman–Crippen MR) is 129 cm³/mol. The van der Waals surface area contributed by atoms with E-state index in [0.29, 0.717) is 26.0 Å². The average Bonchev–Trinajstić information content (AvgIpc) is 2.75. The largest absolute Gasteiger partial charge is 0.481 e. The summed E-state index contributed by atoms with van der Waals surface area (Å²) >= 11 is 10.1. The fraction of sp³-hybridized carbons (Fsp3) is 0.0455. The molecule has 0 radical (unpaired) electrons. The van der Waals surface area contributed by atoms with Crippen molar-refractivity contribution in [2.75, 3.05) is 6.61 Å². The third-order valence-corrected chi connectivity index (χ3v) is 5.45. The van der Waals surface area contributed by atoms with Gasteiger partial charge in [0.25, 0.3) is 5.91 Å². The number of ether oxygens (including phenoxy) is 2. The maximum Gasteiger partial charge on any atom is 0.343 e. The van der Waals surface area contributed by atoms with Crippen LogP contribution in [0.2, 0.25) is 0 Å². The van der Waals surface area contributed by atoms with E-state index in [1.807, 2.05) is 18.2 Å². The van der Waals surface area contributed by atoms with Gasteiger partial charge in [0.05, 0.1) is 20.7 Å². The van der Waals surface area contributed by atoms with E-state index in [4.69, 9.17) is 9.47 Å². The van der Waals surface area contributed by atoms with Crippen LogP contribution in [-0.2, 0) is 4.79 Å². The minimum absolute atomic E-state index is 0.204. The number of carbonyl (C=O) groups excluding carboxylic acids is 2. The predicted octanol–water partition coefficient (Wildman–Crippen LogP) is 5.72. The number of hydrogen-bond acceptors (Lipinski definition) is 5. The second-order valence-corrected chi connectivity index (χ2v) is 8.73. The molecule has 0 unspecified atom stereocenters. The van der Waals surface area contributed by atoms with Crippen molar-refractivity contribution in [3.63, 3.8) is 0 Å². The lowest BCUT2D eigenvalue weighted by molar-refractivity contribution is -0.123. The van der Waals surface area contributed by atoms with Crippen molar-refractivity contribution in [3.8, 4) is 11.5 Å². The zero-order valence-corrected chi connectivity index (χ0v) is 20.6. The number of benzene rings is 3. The number of nitrogens with one attached hydrogen (secondary N) is 1. The van der Waals surface area contributed by atoms with Gasteiger partial charge in [-0.2, -0.15) is 5.10 Å². The Labute approximate surface area is 204 Å². The van der Waals surface area contributed by atoms with E-state index in [1.54, 1.807) is 48.5 Å². The number of halogens is 3. The Morgan fingerprint density at radius 2 is 1.58 bits per heavy atom. The summed E-state index contributed by atoms with van der Waals surface area (Å²) in [5.74, 6) is 0.0850. The smallest absolute Gasteiger partial charge is 0.343 e. The summed E-state index contributed by atoms with van der Waals surface area (Å²) in [6.07, 6.45) is 1.48. The van der Waals surface area contributed by atoms with Gasteiger partial charge in [-0.3, -0.25) is 4.79 Å². The molecule has 158 valence electrons. The van der Waals surface area contributed by atoms with Crippen molar-refractivity contribution in [3.05, 3.63) is 91.3 Å². The molecule has 0 spiro atoms. The number of carbonyl (C=O) groups is 2. The van der Waals surface area contributed by atoms with Crippen molar-refractivity contribution in [1.82, 2.24) is 5.43 Å². The van der Waals surface area contributed by atoms with Crippen molar-refractivity contribution in [2.24, 2.45) is 5.10 Å². The first-order chi connectivity index (χ1) is 14.9. The Bertz CT molecular complexity index is 1080. The standard InChI is InChI=1S/C22H15Br3N2O4/c23-16-10-18(24)21(19(25)11-16)30-13-20(28)27-26-12-14-6-8-17(9-7-14)31-22(29)15-4-2-1-3-5-15/h1-12H,13H2,(H,27,28). The summed E-state index contributed by atoms with van der Waals surface area (Å²) in [4.78, 5) is 24.0. The fourth-order valence-electron chi connectivity index (χ4n) is 2.38. The highest BCUT2D eigenvalue weighted by Gasteiger charge is 2.10. The number of amides is 1. The summed E-state index contributed by atoms with van der Waals surface area (Å²) in [5.41, 5.74) is 3.59. The lowest BCUT2D eigenvalue weighted by atomic mass is 10.2. The first kappa shape index (κ1) is 23.2. The van der Waals surface area contributed by atoms with Crippen molar-refractivity contribution >= 4 is 65.9 Å². The molecule has 3 aromatic rings. The number of hydrogen-bond donors (Lipinski definition) is 1. The molecule has 0 bridgehead atoms. The van der Waals surface area contributed by atoms with Crippen LogP contribution in [0.5, 0.6) is 11.5 Å². The van der Waals surface area contributed by atoms with Crippen molar-refractivity contribution in [1.29, 1.82) is 0 Å². The van der Waals surface area contributed by atoms with Crippen LogP contribution in [0, 0.1) is 0 Å². The third kappa shape index (κ3) is 7.02. The van der Waals surface area contributed by atoms with Crippen LogP contribution >= 0.6 is 47.8 Å². The van der Waals surface area contributed by atoms with Gasteiger partial charge < -0.3 is 9.47 Å². The van der Waals surface area contributed by atoms with E-state index in [1.165, 1.54) is 6.21 Å². The van der Waals surface area contributed by atoms with Crippen LogP contribution in [0.3, 0.4) is 0 Å². The fourth-order valence-corrected chi connectivity index (χ4v) is 4.87. The molecule has 6 nitrogen and oxygen atoms in total. The Morgan fingerprint density at radius 1 is 0.935 bits per heavy atom. The van der Waals surface area contributed by atoms with Crippen LogP contribution in [0.25, 0.3) is 0 Å². The van der Waals surface area contributed by atoms with E-state index in [2.05, 4.69) is 58.3 Å². The maximum absolute atomic E-state index is 12.1. The molecule has 0 atom stereocenters. The van der Waals surface area contributed by atoms with Gasteiger partial charge in [-0.25, -0.2) is 10.2 Å². The topological polar surface area (TPSA) is 77.0 Å². The van der Waals surface area contributed by atoms with E-state index >= 15 is 0 Å². The number of esters is 1. The van der Waals surface area contributed by atoms with Gasteiger partial charge in [0.15, 0.2) is 6.61 Å². The van der Waals surface area contributed by atoms with E-state index in [-0.39, 0.29) is 6.61 Å². The minimum atomic E-state index is -0.432.